The number of halogens is 1. The number of rotatable bonds is 3. The first-order chi connectivity index (χ1) is 10.2. The van der Waals surface area contributed by atoms with Gasteiger partial charge in [0.1, 0.15) is 0 Å². The third-order valence-electron chi connectivity index (χ3n) is 3.82. The molecule has 2 aromatic rings. The van der Waals surface area contributed by atoms with Crippen molar-refractivity contribution < 1.29 is 0 Å². The van der Waals surface area contributed by atoms with Gasteiger partial charge >= 0.3 is 0 Å². The van der Waals surface area contributed by atoms with Crippen LogP contribution < -0.4 is 4.90 Å². The van der Waals surface area contributed by atoms with Crippen LogP contribution in [0.25, 0.3) is 0 Å². The van der Waals surface area contributed by atoms with Crippen molar-refractivity contribution in [3.05, 3.63) is 53.1 Å². The molecule has 0 radical (unpaired) electrons. The SMILES string of the molecule is Cc1ccc(CN2CCN(c3ccncc3Cl)CC2)nc1. The molecule has 0 atom stereocenters. The Morgan fingerprint density at radius 2 is 1.90 bits per heavy atom. The Balaban J connectivity index is 1.58. The molecule has 1 aliphatic rings. The van der Waals surface area contributed by atoms with E-state index in [9.17, 15) is 0 Å². The van der Waals surface area contributed by atoms with Crippen molar-refractivity contribution in [2.24, 2.45) is 0 Å². The minimum Gasteiger partial charge on any atom is -0.368 e. The van der Waals surface area contributed by atoms with Crippen LogP contribution in [0.3, 0.4) is 0 Å². The van der Waals surface area contributed by atoms with E-state index in [1.165, 1.54) is 5.56 Å². The zero-order valence-electron chi connectivity index (χ0n) is 12.2. The van der Waals surface area contributed by atoms with Crippen molar-refractivity contribution in [2.45, 2.75) is 13.5 Å². The summed E-state index contributed by atoms with van der Waals surface area (Å²) in [6.45, 7) is 6.99. The first kappa shape index (κ1) is 14.3. The minimum absolute atomic E-state index is 0.728. The third-order valence-corrected chi connectivity index (χ3v) is 4.11. The number of pyridine rings is 2. The highest BCUT2D eigenvalue weighted by Gasteiger charge is 2.19. The summed E-state index contributed by atoms with van der Waals surface area (Å²) in [5.74, 6) is 0. The molecule has 110 valence electrons. The summed E-state index contributed by atoms with van der Waals surface area (Å²) in [5, 5.41) is 0.728. The van der Waals surface area contributed by atoms with E-state index in [2.05, 4.69) is 38.8 Å². The first-order valence-electron chi connectivity index (χ1n) is 7.21. The standard InChI is InChI=1S/C16H19ClN4/c1-13-2-3-14(19-10-13)12-20-6-8-21(9-7-20)16-4-5-18-11-15(16)17/h2-5,10-11H,6-9,12H2,1H3. The smallest absolute Gasteiger partial charge is 0.0822 e. The van der Waals surface area contributed by atoms with Gasteiger partial charge in [-0.2, -0.15) is 0 Å². The maximum absolute atomic E-state index is 6.21. The van der Waals surface area contributed by atoms with Crippen molar-refractivity contribution in [3.8, 4) is 0 Å². The quantitative estimate of drug-likeness (QED) is 0.873. The molecule has 0 bridgehead atoms. The molecule has 0 saturated carbocycles. The molecule has 5 heteroatoms. The van der Waals surface area contributed by atoms with Gasteiger partial charge in [0.15, 0.2) is 0 Å². The highest BCUT2D eigenvalue weighted by atomic mass is 35.5. The number of piperazine rings is 1. The number of hydrogen-bond acceptors (Lipinski definition) is 4. The average molecular weight is 303 g/mol. The van der Waals surface area contributed by atoms with E-state index < -0.39 is 0 Å². The zero-order valence-corrected chi connectivity index (χ0v) is 12.9. The summed E-state index contributed by atoms with van der Waals surface area (Å²) in [4.78, 5) is 13.3. The summed E-state index contributed by atoms with van der Waals surface area (Å²) in [6.07, 6.45) is 5.44. The fourth-order valence-corrected chi connectivity index (χ4v) is 2.83. The van der Waals surface area contributed by atoms with E-state index >= 15 is 0 Å². The Labute approximate surface area is 130 Å². The van der Waals surface area contributed by atoms with Gasteiger partial charge in [-0.15, -0.1) is 0 Å². The van der Waals surface area contributed by atoms with E-state index in [1.54, 1.807) is 12.4 Å². The van der Waals surface area contributed by atoms with Gasteiger partial charge < -0.3 is 4.90 Å². The molecule has 1 saturated heterocycles. The molecule has 3 rings (SSSR count). The van der Waals surface area contributed by atoms with Crippen molar-refractivity contribution in [1.29, 1.82) is 0 Å². The highest BCUT2D eigenvalue weighted by molar-refractivity contribution is 6.33. The maximum Gasteiger partial charge on any atom is 0.0822 e. The molecule has 0 N–H and O–H groups in total. The Kier molecular flexibility index (Phi) is 4.36. The van der Waals surface area contributed by atoms with Crippen LogP contribution in [0.15, 0.2) is 36.8 Å². The fourth-order valence-electron chi connectivity index (χ4n) is 2.59. The normalized spacial score (nSPS) is 16.2. The lowest BCUT2D eigenvalue weighted by Gasteiger charge is -2.36. The average Bonchev–Trinajstić information content (AvgIpc) is 2.51. The van der Waals surface area contributed by atoms with Gasteiger partial charge in [-0.1, -0.05) is 17.7 Å². The van der Waals surface area contributed by atoms with Crippen molar-refractivity contribution in [1.82, 2.24) is 14.9 Å². The van der Waals surface area contributed by atoms with Crippen molar-refractivity contribution >= 4 is 17.3 Å². The molecule has 4 nitrogen and oxygen atoms in total. The summed E-state index contributed by atoms with van der Waals surface area (Å²) < 4.78 is 0. The molecule has 21 heavy (non-hydrogen) atoms. The monoisotopic (exact) mass is 302 g/mol. The van der Waals surface area contributed by atoms with Crippen molar-refractivity contribution in [2.75, 3.05) is 31.1 Å². The molecule has 0 spiro atoms. The predicted octanol–water partition coefficient (Wildman–Crippen LogP) is 2.76. The van der Waals surface area contributed by atoms with Gasteiger partial charge in [-0.3, -0.25) is 14.9 Å². The molecule has 3 heterocycles. The Hall–Kier alpha value is -1.65. The minimum atomic E-state index is 0.728. The number of aryl methyl sites for hydroxylation is 1. The van der Waals surface area contributed by atoms with Gasteiger partial charge in [-0.25, -0.2) is 0 Å². The summed E-state index contributed by atoms with van der Waals surface area (Å²) >= 11 is 6.21. The van der Waals surface area contributed by atoms with Crippen LogP contribution in [0.4, 0.5) is 5.69 Å². The molecule has 0 amide bonds. The summed E-state index contributed by atoms with van der Waals surface area (Å²) in [7, 11) is 0. The van der Waals surface area contributed by atoms with Crippen LogP contribution in [-0.4, -0.2) is 41.0 Å². The van der Waals surface area contributed by atoms with Gasteiger partial charge in [-0.05, 0) is 24.6 Å². The molecule has 0 aromatic carbocycles. The zero-order chi connectivity index (χ0) is 14.7. The van der Waals surface area contributed by atoms with Crippen LogP contribution in [0.1, 0.15) is 11.3 Å². The van der Waals surface area contributed by atoms with E-state index in [-0.39, 0.29) is 0 Å². The Morgan fingerprint density at radius 1 is 1.10 bits per heavy atom. The number of nitrogens with zero attached hydrogens (tertiary/aromatic N) is 4. The largest absolute Gasteiger partial charge is 0.368 e. The molecule has 0 aliphatic carbocycles. The molecule has 1 aliphatic heterocycles. The second-order valence-electron chi connectivity index (χ2n) is 5.42. The van der Waals surface area contributed by atoms with Crippen LogP contribution >= 0.6 is 11.6 Å². The van der Waals surface area contributed by atoms with Gasteiger partial charge in [0.2, 0.25) is 0 Å². The molecular formula is C16H19ClN4. The van der Waals surface area contributed by atoms with Crippen LogP contribution in [0.5, 0.6) is 0 Å². The van der Waals surface area contributed by atoms with Crippen LogP contribution in [0.2, 0.25) is 5.02 Å². The number of hydrogen-bond donors (Lipinski definition) is 0. The predicted molar refractivity (Wildman–Crippen MR) is 85.7 cm³/mol. The summed E-state index contributed by atoms with van der Waals surface area (Å²) in [5.41, 5.74) is 3.42. The lowest BCUT2D eigenvalue weighted by atomic mass is 10.2. The lowest BCUT2D eigenvalue weighted by Crippen LogP contribution is -2.46. The second kappa shape index (κ2) is 6.41. The maximum atomic E-state index is 6.21. The lowest BCUT2D eigenvalue weighted by molar-refractivity contribution is 0.247. The van der Waals surface area contributed by atoms with Crippen LogP contribution in [0, 0.1) is 6.92 Å². The highest BCUT2D eigenvalue weighted by Crippen LogP contribution is 2.25. The molecule has 1 fully saturated rings. The summed E-state index contributed by atoms with van der Waals surface area (Å²) in [6, 6.07) is 6.22. The van der Waals surface area contributed by atoms with Gasteiger partial charge in [0.25, 0.3) is 0 Å². The Morgan fingerprint density at radius 3 is 2.57 bits per heavy atom. The first-order valence-corrected chi connectivity index (χ1v) is 7.58. The number of aromatic nitrogens is 2. The molecular weight excluding hydrogens is 284 g/mol. The van der Waals surface area contributed by atoms with Gasteiger partial charge in [0.05, 0.1) is 16.4 Å². The van der Waals surface area contributed by atoms with Gasteiger partial charge in [0, 0.05) is 51.3 Å². The third kappa shape index (κ3) is 3.52. The van der Waals surface area contributed by atoms with E-state index in [4.69, 9.17) is 11.6 Å². The molecule has 2 aromatic heterocycles. The fraction of sp³-hybridized carbons (Fsp3) is 0.375. The Bertz CT molecular complexity index is 591. The van der Waals surface area contributed by atoms with Crippen molar-refractivity contribution in [3.63, 3.8) is 0 Å². The van der Waals surface area contributed by atoms with E-state index in [0.29, 0.717) is 0 Å². The topological polar surface area (TPSA) is 32.3 Å². The van der Waals surface area contributed by atoms with E-state index in [1.807, 2.05) is 12.3 Å². The second-order valence-corrected chi connectivity index (χ2v) is 5.82. The van der Waals surface area contributed by atoms with Crippen LogP contribution in [-0.2, 0) is 6.54 Å². The molecule has 0 unspecified atom stereocenters. The van der Waals surface area contributed by atoms with E-state index in [0.717, 1.165) is 49.1 Å². The number of anilines is 1.